The molecular weight excluding hydrogens is 418 g/mol. The van der Waals surface area contributed by atoms with Crippen LogP contribution >= 0.6 is 22.9 Å². The lowest BCUT2D eigenvalue weighted by Crippen LogP contribution is -2.30. The van der Waals surface area contributed by atoms with E-state index in [1.165, 1.54) is 11.3 Å². The molecule has 0 atom stereocenters. The summed E-state index contributed by atoms with van der Waals surface area (Å²) in [7, 11) is 0. The Bertz CT molecular complexity index is 1160. The molecule has 0 unspecified atom stereocenters. The van der Waals surface area contributed by atoms with Gasteiger partial charge in [-0.25, -0.2) is 4.98 Å². The van der Waals surface area contributed by atoms with Crippen molar-refractivity contribution in [2.45, 2.75) is 26.5 Å². The van der Waals surface area contributed by atoms with E-state index < -0.39 is 0 Å². The number of carbonyl (C=O) groups excluding carboxylic acids is 1. The number of thiazole rings is 1. The summed E-state index contributed by atoms with van der Waals surface area (Å²) >= 11 is 7.56. The molecule has 152 valence electrons. The smallest absolute Gasteiger partial charge is 0.260 e. The van der Waals surface area contributed by atoms with Crippen LogP contribution in [-0.4, -0.2) is 22.0 Å². The first-order valence-electron chi connectivity index (χ1n) is 9.53. The molecule has 1 amide bonds. The Morgan fingerprint density at radius 2 is 1.97 bits per heavy atom. The number of amides is 1. The number of rotatable bonds is 6. The van der Waals surface area contributed by atoms with Crippen molar-refractivity contribution in [3.8, 4) is 5.75 Å². The Morgan fingerprint density at radius 3 is 2.67 bits per heavy atom. The summed E-state index contributed by atoms with van der Waals surface area (Å²) in [4.78, 5) is 23.9. The van der Waals surface area contributed by atoms with E-state index in [2.05, 4.69) is 9.97 Å². The maximum absolute atomic E-state index is 13.4. The number of hydrogen-bond acceptors (Lipinski definition) is 5. The molecule has 4 rings (SSSR count). The fourth-order valence-corrected chi connectivity index (χ4v) is 4.25. The third-order valence-electron chi connectivity index (χ3n) is 4.35. The van der Waals surface area contributed by atoms with Gasteiger partial charge in [0, 0.05) is 23.0 Å². The number of hydrogen-bond donors (Lipinski definition) is 0. The lowest BCUT2D eigenvalue weighted by atomic mass is 10.1. The molecule has 0 fully saturated rings. The van der Waals surface area contributed by atoms with Crippen LogP contribution in [0.5, 0.6) is 5.75 Å². The maximum atomic E-state index is 13.4. The molecule has 4 aromatic rings. The number of halogens is 1. The molecule has 0 radical (unpaired) electrons. The Balaban J connectivity index is 1.69. The SMILES string of the molecule is CC(C)Oc1ccc(C(=O)N(Cc2cccnc2)c2nc3ccc(Cl)cc3s2)cc1. The first-order valence-corrected chi connectivity index (χ1v) is 10.7. The molecule has 0 N–H and O–H groups in total. The predicted octanol–water partition coefficient (Wildman–Crippen LogP) is 5.98. The summed E-state index contributed by atoms with van der Waals surface area (Å²) in [5.74, 6) is 0.593. The summed E-state index contributed by atoms with van der Waals surface area (Å²) in [5, 5.41) is 1.26. The van der Waals surface area contributed by atoms with Gasteiger partial charge in [-0.2, -0.15) is 0 Å². The molecule has 0 aliphatic rings. The first kappa shape index (κ1) is 20.3. The normalized spacial score (nSPS) is 11.1. The summed E-state index contributed by atoms with van der Waals surface area (Å²) < 4.78 is 6.62. The number of fused-ring (bicyclic) bond motifs is 1. The van der Waals surface area contributed by atoms with Gasteiger partial charge in [0.15, 0.2) is 5.13 Å². The van der Waals surface area contributed by atoms with Crippen LogP contribution in [0.2, 0.25) is 5.02 Å². The van der Waals surface area contributed by atoms with Crippen LogP contribution < -0.4 is 9.64 Å². The van der Waals surface area contributed by atoms with E-state index in [1.54, 1.807) is 35.5 Å². The fraction of sp³-hybridized carbons (Fsp3) is 0.174. The van der Waals surface area contributed by atoms with Gasteiger partial charge < -0.3 is 4.74 Å². The second kappa shape index (κ2) is 8.81. The van der Waals surface area contributed by atoms with Crippen LogP contribution in [0.4, 0.5) is 5.13 Å². The predicted molar refractivity (Wildman–Crippen MR) is 122 cm³/mol. The number of anilines is 1. The zero-order valence-corrected chi connectivity index (χ0v) is 18.2. The van der Waals surface area contributed by atoms with Crippen molar-refractivity contribution in [3.63, 3.8) is 0 Å². The van der Waals surface area contributed by atoms with Crippen molar-refractivity contribution < 1.29 is 9.53 Å². The highest BCUT2D eigenvalue weighted by Gasteiger charge is 2.22. The Hall–Kier alpha value is -2.96. The maximum Gasteiger partial charge on any atom is 0.260 e. The van der Waals surface area contributed by atoms with E-state index in [9.17, 15) is 4.79 Å². The molecule has 30 heavy (non-hydrogen) atoms. The summed E-state index contributed by atoms with van der Waals surface area (Å²) in [6.45, 7) is 4.30. The van der Waals surface area contributed by atoms with Gasteiger partial charge in [-0.3, -0.25) is 14.7 Å². The van der Waals surface area contributed by atoms with Gasteiger partial charge in [0.05, 0.1) is 22.9 Å². The minimum atomic E-state index is -0.139. The standard InChI is InChI=1S/C23H20ClN3O2S/c1-15(2)29-19-8-5-17(6-9-19)22(28)27(14-16-4-3-11-25-13-16)23-26-20-10-7-18(24)12-21(20)30-23/h3-13,15H,14H2,1-2H3. The number of aromatic nitrogens is 2. The van der Waals surface area contributed by atoms with E-state index in [0.29, 0.717) is 22.3 Å². The molecule has 0 aliphatic carbocycles. The van der Waals surface area contributed by atoms with Crippen LogP contribution in [-0.2, 0) is 6.54 Å². The van der Waals surface area contributed by atoms with Crippen LogP contribution in [0.3, 0.4) is 0 Å². The minimum absolute atomic E-state index is 0.0724. The van der Waals surface area contributed by atoms with Crippen LogP contribution in [0.15, 0.2) is 67.0 Å². The largest absolute Gasteiger partial charge is 0.491 e. The fourth-order valence-electron chi connectivity index (χ4n) is 3.01. The minimum Gasteiger partial charge on any atom is -0.491 e. The third kappa shape index (κ3) is 4.61. The molecule has 2 heterocycles. The van der Waals surface area contributed by atoms with E-state index in [-0.39, 0.29) is 12.0 Å². The Morgan fingerprint density at radius 1 is 1.17 bits per heavy atom. The van der Waals surface area contributed by atoms with Gasteiger partial charge in [-0.1, -0.05) is 29.0 Å². The monoisotopic (exact) mass is 437 g/mol. The molecule has 2 aromatic heterocycles. The lowest BCUT2D eigenvalue weighted by Gasteiger charge is -2.20. The third-order valence-corrected chi connectivity index (χ3v) is 5.63. The second-order valence-electron chi connectivity index (χ2n) is 7.05. The van der Waals surface area contributed by atoms with Crippen molar-refractivity contribution in [1.82, 2.24) is 9.97 Å². The Kier molecular flexibility index (Phi) is 5.97. The number of ether oxygens (including phenoxy) is 1. The summed E-state index contributed by atoms with van der Waals surface area (Å²) in [6.07, 6.45) is 3.54. The lowest BCUT2D eigenvalue weighted by molar-refractivity contribution is 0.0985. The quantitative estimate of drug-likeness (QED) is 0.372. The van der Waals surface area contributed by atoms with E-state index in [4.69, 9.17) is 16.3 Å². The van der Waals surface area contributed by atoms with Gasteiger partial charge in [0.2, 0.25) is 0 Å². The zero-order chi connectivity index (χ0) is 21.1. The molecule has 0 spiro atoms. The Labute approximate surface area is 183 Å². The molecule has 7 heteroatoms. The van der Waals surface area contributed by atoms with Gasteiger partial charge >= 0.3 is 0 Å². The number of benzene rings is 2. The molecule has 0 saturated heterocycles. The van der Waals surface area contributed by atoms with Gasteiger partial charge in [0.25, 0.3) is 5.91 Å². The van der Waals surface area contributed by atoms with Crippen molar-refractivity contribution >= 4 is 44.2 Å². The van der Waals surface area contributed by atoms with Crippen molar-refractivity contribution in [2.24, 2.45) is 0 Å². The van der Waals surface area contributed by atoms with E-state index >= 15 is 0 Å². The molecule has 2 aromatic carbocycles. The molecule has 0 bridgehead atoms. The average Bonchev–Trinajstić information content (AvgIpc) is 3.15. The van der Waals surface area contributed by atoms with Crippen LogP contribution in [0.25, 0.3) is 10.2 Å². The number of carbonyl (C=O) groups is 1. The highest BCUT2D eigenvalue weighted by atomic mass is 35.5. The molecule has 5 nitrogen and oxygen atoms in total. The van der Waals surface area contributed by atoms with Gasteiger partial charge in [-0.15, -0.1) is 0 Å². The number of nitrogens with zero attached hydrogens (tertiary/aromatic N) is 3. The summed E-state index contributed by atoms with van der Waals surface area (Å²) in [6, 6.07) is 16.5. The topological polar surface area (TPSA) is 55.3 Å². The van der Waals surface area contributed by atoms with E-state index in [0.717, 1.165) is 21.5 Å². The highest BCUT2D eigenvalue weighted by Crippen LogP contribution is 2.32. The van der Waals surface area contributed by atoms with Gasteiger partial charge in [-0.05, 0) is 67.9 Å². The zero-order valence-electron chi connectivity index (χ0n) is 16.6. The second-order valence-corrected chi connectivity index (χ2v) is 8.50. The molecule has 0 saturated carbocycles. The molecular formula is C23H20ClN3O2S. The molecule has 0 aliphatic heterocycles. The van der Waals surface area contributed by atoms with E-state index in [1.807, 2.05) is 50.2 Å². The van der Waals surface area contributed by atoms with Gasteiger partial charge in [0.1, 0.15) is 5.75 Å². The first-order chi connectivity index (χ1) is 14.5. The average molecular weight is 438 g/mol. The summed E-state index contributed by atoms with van der Waals surface area (Å²) in [5.41, 5.74) is 2.29. The number of pyridine rings is 1. The highest BCUT2D eigenvalue weighted by molar-refractivity contribution is 7.22. The van der Waals surface area contributed by atoms with Crippen LogP contribution in [0.1, 0.15) is 29.8 Å². The van der Waals surface area contributed by atoms with Crippen LogP contribution in [0, 0.1) is 0 Å². The van der Waals surface area contributed by atoms with Crippen molar-refractivity contribution in [3.05, 3.63) is 83.1 Å². The van der Waals surface area contributed by atoms with Crippen molar-refractivity contribution in [2.75, 3.05) is 4.90 Å². The van der Waals surface area contributed by atoms with Crippen molar-refractivity contribution in [1.29, 1.82) is 0 Å².